The molecule has 1 aromatic heterocycles. The molecule has 0 fully saturated rings. The molecular formula is C12H12N2O2S. The maximum Gasteiger partial charge on any atom is 0.260 e. The van der Waals surface area contributed by atoms with Crippen LogP contribution in [0.3, 0.4) is 0 Å². The molecule has 1 unspecified atom stereocenters. The number of nitrogens with zero attached hydrogens (tertiary/aromatic N) is 1. The second-order valence-electron chi connectivity index (χ2n) is 3.34. The Hall–Kier alpha value is -1.72. The standard InChI is InChI=1S/C12H12N2O2S/c1-16-10(12-13-7-8-17-12)11(15)14-9-5-3-2-4-6-9/h2-8,10H,1H3,(H,14,15). The van der Waals surface area contributed by atoms with Gasteiger partial charge in [-0.15, -0.1) is 11.3 Å². The van der Waals surface area contributed by atoms with E-state index in [0.717, 1.165) is 5.69 Å². The Kier molecular flexibility index (Phi) is 3.85. The van der Waals surface area contributed by atoms with Gasteiger partial charge in [0.05, 0.1) is 0 Å². The first-order valence-corrected chi connectivity index (χ1v) is 5.97. The number of ether oxygens (including phenoxy) is 1. The lowest BCUT2D eigenvalue weighted by Crippen LogP contribution is -2.22. The number of benzene rings is 1. The number of aromatic nitrogens is 1. The van der Waals surface area contributed by atoms with Crippen molar-refractivity contribution < 1.29 is 9.53 Å². The van der Waals surface area contributed by atoms with E-state index in [0.29, 0.717) is 5.01 Å². The summed E-state index contributed by atoms with van der Waals surface area (Å²) in [4.78, 5) is 16.1. The second-order valence-corrected chi connectivity index (χ2v) is 4.27. The van der Waals surface area contributed by atoms with Crippen molar-refractivity contribution in [1.29, 1.82) is 0 Å². The molecule has 0 aliphatic rings. The van der Waals surface area contributed by atoms with Crippen molar-refractivity contribution in [2.24, 2.45) is 0 Å². The van der Waals surface area contributed by atoms with Gasteiger partial charge in [0.15, 0.2) is 6.10 Å². The lowest BCUT2D eigenvalue weighted by atomic mass is 10.3. The van der Waals surface area contributed by atoms with Crippen LogP contribution in [0.4, 0.5) is 5.69 Å². The molecule has 1 atom stereocenters. The van der Waals surface area contributed by atoms with Crippen LogP contribution in [0, 0.1) is 0 Å². The summed E-state index contributed by atoms with van der Waals surface area (Å²) >= 11 is 1.40. The van der Waals surface area contributed by atoms with Gasteiger partial charge in [-0.2, -0.15) is 0 Å². The van der Waals surface area contributed by atoms with Crippen LogP contribution in [0.1, 0.15) is 11.1 Å². The Labute approximate surface area is 103 Å². The first-order chi connectivity index (χ1) is 8.31. The van der Waals surface area contributed by atoms with Crippen LogP contribution in [0.2, 0.25) is 0 Å². The molecule has 88 valence electrons. The smallest absolute Gasteiger partial charge is 0.260 e. The van der Waals surface area contributed by atoms with Crippen molar-refractivity contribution >= 4 is 22.9 Å². The molecule has 0 aliphatic heterocycles. The molecular weight excluding hydrogens is 236 g/mol. The molecule has 1 aromatic carbocycles. The van der Waals surface area contributed by atoms with Gasteiger partial charge in [0.1, 0.15) is 5.01 Å². The van der Waals surface area contributed by atoms with Crippen LogP contribution in [-0.4, -0.2) is 18.0 Å². The Morgan fingerprint density at radius 2 is 2.18 bits per heavy atom. The second kappa shape index (κ2) is 5.56. The quantitative estimate of drug-likeness (QED) is 0.904. The fourth-order valence-corrected chi connectivity index (χ4v) is 2.12. The van der Waals surface area contributed by atoms with E-state index in [1.807, 2.05) is 35.7 Å². The highest BCUT2D eigenvalue weighted by molar-refractivity contribution is 7.09. The van der Waals surface area contributed by atoms with Gasteiger partial charge in [0.2, 0.25) is 0 Å². The molecule has 0 aliphatic carbocycles. The van der Waals surface area contributed by atoms with Crippen molar-refractivity contribution in [2.45, 2.75) is 6.10 Å². The van der Waals surface area contributed by atoms with E-state index in [9.17, 15) is 4.79 Å². The third-order valence-electron chi connectivity index (χ3n) is 2.19. The monoisotopic (exact) mass is 248 g/mol. The summed E-state index contributed by atoms with van der Waals surface area (Å²) in [5.41, 5.74) is 0.746. The Bertz CT molecular complexity index is 471. The molecule has 4 nitrogen and oxygen atoms in total. The minimum absolute atomic E-state index is 0.214. The number of thiazole rings is 1. The van der Waals surface area contributed by atoms with Crippen molar-refractivity contribution in [3.63, 3.8) is 0 Å². The molecule has 2 aromatic rings. The molecule has 1 heterocycles. The minimum Gasteiger partial charge on any atom is -0.364 e. The maximum atomic E-state index is 12.0. The molecule has 0 spiro atoms. The van der Waals surface area contributed by atoms with E-state index < -0.39 is 6.10 Å². The van der Waals surface area contributed by atoms with Crippen LogP contribution in [0.5, 0.6) is 0 Å². The highest BCUT2D eigenvalue weighted by atomic mass is 32.1. The van der Waals surface area contributed by atoms with Crippen molar-refractivity contribution in [3.8, 4) is 0 Å². The fourth-order valence-electron chi connectivity index (χ4n) is 1.41. The van der Waals surface area contributed by atoms with Gasteiger partial charge < -0.3 is 10.1 Å². The van der Waals surface area contributed by atoms with Gasteiger partial charge in [0, 0.05) is 24.4 Å². The number of amides is 1. The SMILES string of the molecule is COC(C(=O)Nc1ccccc1)c1nccs1. The number of anilines is 1. The summed E-state index contributed by atoms with van der Waals surface area (Å²) in [5.74, 6) is -0.214. The van der Waals surface area contributed by atoms with E-state index in [1.54, 1.807) is 6.20 Å². The van der Waals surface area contributed by atoms with Gasteiger partial charge in [-0.25, -0.2) is 4.98 Å². The normalized spacial score (nSPS) is 12.1. The number of hydrogen-bond acceptors (Lipinski definition) is 4. The zero-order chi connectivity index (χ0) is 12.1. The molecule has 0 radical (unpaired) electrons. The predicted octanol–water partition coefficient (Wildman–Crippen LogP) is 2.47. The summed E-state index contributed by atoms with van der Waals surface area (Å²) < 4.78 is 5.16. The maximum absolute atomic E-state index is 12.0. The lowest BCUT2D eigenvalue weighted by Gasteiger charge is -2.12. The molecule has 0 saturated heterocycles. The van der Waals surface area contributed by atoms with Crippen molar-refractivity contribution in [2.75, 3.05) is 12.4 Å². The van der Waals surface area contributed by atoms with Gasteiger partial charge in [-0.05, 0) is 12.1 Å². The van der Waals surface area contributed by atoms with Crippen LogP contribution < -0.4 is 5.32 Å². The number of methoxy groups -OCH3 is 1. The molecule has 0 saturated carbocycles. The number of rotatable bonds is 4. The van der Waals surface area contributed by atoms with E-state index in [4.69, 9.17) is 4.74 Å². The summed E-state index contributed by atoms with van der Waals surface area (Å²) in [5, 5.41) is 5.25. The highest BCUT2D eigenvalue weighted by Gasteiger charge is 2.22. The molecule has 2 rings (SSSR count). The van der Waals surface area contributed by atoms with Crippen molar-refractivity contribution in [3.05, 3.63) is 46.9 Å². The van der Waals surface area contributed by atoms with Crippen LogP contribution >= 0.6 is 11.3 Å². The number of para-hydroxylation sites is 1. The fraction of sp³-hybridized carbons (Fsp3) is 0.167. The van der Waals surface area contributed by atoms with Crippen molar-refractivity contribution in [1.82, 2.24) is 4.98 Å². The largest absolute Gasteiger partial charge is 0.364 e. The minimum atomic E-state index is -0.657. The van der Waals surface area contributed by atoms with Crippen LogP contribution in [-0.2, 0) is 9.53 Å². The number of carbonyl (C=O) groups is 1. The van der Waals surface area contributed by atoms with Gasteiger partial charge in [0.25, 0.3) is 5.91 Å². The van der Waals surface area contributed by atoms with Gasteiger partial charge >= 0.3 is 0 Å². The molecule has 5 heteroatoms. The summed E-state index contributed by atoms with van der Waals surface area (Å²) in [6, 6.07) is 9.27. The zero-order valence-corrected chi connectivity index (χ0v) is 10.1. The van der Waals surface area contributed by atoms with Crippen LogP contribution in [0.25, 0.3) is 0 Å². The van der Waals surface area contributed by atoms with E-state index in [2.05, 4.69) is 10.3 Å². The van der Waals surface area contributed by atoms with E-state index in [1.165, 1.54) is 18.4 Å². The van der Waals surface area contributed by atoms with Gasteiger partial charge in [-0.1, -0.05) is 18.2 Å². The molecule has 1 amide bonds. The van der Waals surface area contributed by atoms with Crippen LogP contribution in [0.15, 0.2) is 41.9 Å². The first kappa shape index (κ1) is 11.8. The Balaban J connectivity index is 2.09. The predicted molar refractivity (Wildman–Crippen MR) is 66.9 cm³/mol. The molecule has 0 bridgehead atoms. The average Bonchev–Trinajstić information content (AvgIpc) is 2.85. The summed E-state index contributed by atoms with van der Waals surface area (Å²) in [7, 11) is 1.50. The Morgan fingerprint density at radius 3 is 2.76 bits per heavy atom. The van der Waals surface area contributed by atoms with E-state index >= 15 is 0 Å². The zero-order valence-electron chi connectivity index (χ0n) is 9.29. The third-order valence-corrected chi connectivity index (χ3v) is 3.01. The molecule has 1 N–H and O–H groups in total. The first-order valence-electron chi connectivity index (χ1n) is 5.09. The number of hydrogen-bond donors (Lipinski definition) is 1. The average molecular weight is 248 g/mol. The Morgan fingerprint density at radius 1 is 1.41 bits per heavy atom. The topological polar surface area (TPSA) is 51.2 Å². The number of carbonyl (C=O) groups excluding carboxylic acids is 1. The molecule has 17 heavy (non-hydrogen) atoms. The summed E-state index contributed by atoms with van der Waals surface area (Å²) in [6.45, 7) is 0. The third kappa shape index (κ3) is 2.89. The number of nitrogens with one attached hydrogen (secondary N) is 1. The van der Waals surface area contributed by atoms with E-state index in [-0.39, 0.29) is 5.91 Å². The lowest BCUT2D eigenvalue weighted by molar-refractivity contribution is -0.126. The van der Waals surface area contributed by atoms with Gasteiger partial charge in [-0.3, -0.25) is 4.79 Å². The highest BCUT2D eigenvalue weighted by Crippen LogP contribution is 2.20. The summed E-state index contributed by atoms with van der Waals surface area (Å²) in [6.07, 6.45) is 0.997.